The summed E-state index contributed by atoms with van der Waals surface area (Å²) in [6.07, 6.45) is 5.19. The van der Waals surface area contributed by atoms with Crippen LogP contribution in [0.3, 0.4) is 0 Å². The van der Waals surface area contributed by atoms with Gasteiger partial charge >= 0.3 is 5.97 Å². The van der Waals surface area contributed by atoms with Crippen LogP contribution in [-0.4, -0.2) is 37.2 Å². The highest BCUT2D eigenvalue weighted by Crippen LogP contribution is 2.26. The summed E-state index contributed by atoms with van der Waals surface area (Å²) in [5.41, 5.74) is 0.350. The number of hydrogen-bond donors (Lipinski definition) is 2. The van der Waals surface area contributed by atoms with E-state index in [-0.39, 0.29) is 11.9 Å². The van der Waals surface area contributed by atoms with Gasteiger partial charge in [-0.15, -0.1) is 0 Å². The van der Waals surface area contributed by atoms with E-state index in [4.69, 9.17) is 9.47 Å². The predicted octanol–water partition coefficient (Wildman–Crippen LogP) is 2.86. The van der Waals surface area contributed by atoms with Crippen LogP contribution in [0, 0.1) is 5.92 Å². The molecular formula is C18H25NO5. The molecule has 1 saturated carbocycles. The second-order valence-electron chi connectivity index (χ2n) is 6.08. The van der Waals surface area contributed by atoms with Gasteiger partial charge in [0.1, 0.15) is 11.5 Å². The Morgan fingerprint density at radius 2 is 1.79 bits per heavy atom. The molecule has 6 heteroatoms. The van der Waals surface area contributed by atoms with Gasteiger partial charge in [0.2, 0.25) is 0 Å². The summed E-state index contributed by atoms with van der Waals surface area (Å²) in [5, 5.41) is 12.4. The van der Waals surface area contributed by atoms with Gasteiger partial charge in [0, 0.05) is 6.04 Å². The summed E-state index contributed by atoms with van der Waals surface area (Å²) in [5.74, 6) is -0.743. The predicted molar refractivity (Wildman–Crippen MR) is 89.6 cm³/mol. The number of carboxylic acid groups (broad SMARTS) is 1. The highest BCUT2D eigenvalue weighted by molar-refractivity contribution is 5.97. The van der Waals surface area contributed by atoms with Gasteiger partial charge in [-0.05, 0) is 31.0 Å². The van der Waals surface area contributed by atoms with Crippen molar-refractivity contribution in [2.75, 3.05) is 14.2 Å². The molecule has 1 fully saturated rings. The van der Waals surface area contributed by atoms with Crippen LogP contribution in [0.25, 0.3) is 0 Å². The van der Waals surface area contributed by atoms with Crippen LogP contribution in [0.5, 0.6) is 11.5 Å². The second kappa shape index (κ2) is 8.57. The van der Waals surface area contributed by atoms with Crippen molar-refractivity contribution in [3.63, 3.8) is 0 Å². The highest BCUT2D eigenvalue weighted by Gasteiger charge is 2.30. The van der Waals surface area contributed by atoms with Gasteiger partial charge in [0.15, 0.2) is 0 Å². The third-order valence-corrected chi connectivity index (χ3v) is 4.55. The van der Waals surface area contributed by atoms with E-state index < -0.39 is 11.9 Å². The average Bonchev–Trinajstić information content (AvgIpc) is 2.56. The Morgan fingerprint density at radius 1 is 1.08 bits per heavy atom. The maximum atomic E-state index is 12.7. The zero-order valence-corrected chi connectivity index (χ0v) is 14.2. The topological polar surface area (TPSA) is 84.9 Å². The van der Waals surface area contributed by atoms with E-state index in [1.165, 1.54) is 14.2 Å². The second-order valence-corrected chi connectivity index (χ2v) is 6.08. The molecule has 2 N–H and O–H groups in total. The standard InChI is InChI=1S/C18H25NO5/c1-23-12-9-10-16(24-2)14(11-12)17(20)19-15-8-6-4-3-5-7-13(15)18(21)22/h9-11,13,15H,3-8H2,1-2H3,(H,19,20)(H,21,22). The fraction of sp³-hybridized carbons (Fsp3) is 0.556. The first-order valence-electron chi connectivity index (χ1n) is 8.32. The molecule has 0 saturated heterocycles. The molecule has 6 nitrogen and oxygen atoms in total. The van der Waals surface area contributed by atoms with E-state index in [1.807, 2.05) is 0 Å². The maximum absolute atomic E-state index is 12.7. The van der Waals surface area contributed by atoms with Crippen LogP contribution < -0.4 is 14.8 Å². The molecule has 1 aliphatic carbocycles. The quantitative estimate of drug-likeness (QED) is 0.864. The number of benzene rings is 1. The van der Waals surface area contributed by atoms with E-state index >= 15 is 0 Å². The van der Waals surface area contributed by atoms with Crippen molar-refractivity contribution in [3.05, 3.63) is 23.8 Å². The van der Waals surface area contributed by atoms with Gasteiger partial charge in [-0.3, -0.25) is 9.59 Å². The number of carboxylic acids is 1. The Morgan fingerprint density at radius 3 is 2.42 bits per heavy atom. The van der Waals surface area contributed by atoms with Crippen molar-refractivity contribution >= 4 is 11.9 Å². The Kier molecular flexibility index (Phi) is 6.46. The molecule has 132 valence electrons. The number of amides is 1. The monoisotopic (exact) mass is 335 g/mol. The fourth-order valence-electron chi connectivity index (χ4n) is 3.19. The maximum Gasteiger partial charge on any atom is 0.308 e. The van der Waals surface area contributed by atoms with Crippen molar-refractivity contribution in [3.8, 4) is 11.5 Å². The molecule has 2 rings (SSSR count). The van der Waals surface area contributed by atoms with Gasteiger partial charge in [0.25, 0.3) is 5.91 Å². The fourth-order valence-corrected chi connectivity index (χ4v) is 3.19. The Balaban J connectivity index is 2.20. The molecule has 1 aromatic carbocycles. The van der Waals surface area contributed by atoms with E-state index in [0.717, 1.165) is 25.7 Å². The van der Waals surface area contributed by atoms with Gasteiger partial charge in [-0.25, -0.2) is 0 Å². The summed E-state index contributed by atoms with van der Waals surface area (Å²) >= 11 is 0. The molecule has 24 heavy (non-hydrogen) atoms. The molecule has 1 aromatic rings. The van der Waals surface area contributed by atoms with Crippen molar-refractivity contribution in [1.29, 1.82) is 0 Å². The molecule has 2 unspecified atom stereocenters. The number of nitrogens with one attached hydrogen (secondary N) is 1. The Bertz CT molecular complexity index is 587. The Hall–Kier alpha value is -2.24. The van der Waals surface area contributed by atoms with Gasteiger partial charge < -0.3 is 19.9 Å². The van der Waals surface area contributed by atoms with Gasteiger partial charge in [-0.1, -0.05) is 25.7 Å². The Labute approximate surface area is 142 Å². The number of rotatable bonds is 5. The molecule has 0 aliphatic heterocycles. The first-order chi connectivity index (χ1) is 11.6. The van der Waals surface area contributed by atoms with Crippen LogP contribution in [0.1, 0.15) is 48.9 Å². The first-order valence-corrected chi connectivity index (χ1v) is 8.32. The lowest BCUT2D eigenvalue weighted by Crippen LogP contribution is -2.44. The van der Waals surface area contributed by atoms with Crippen LogP contribution in [0.2, 0.25) is 0 Å². The molecule has 0 spiro atoms. The first kappa shape index (κ1) is 18.1. The third-order valence-electron chi connectivity index (χ3n) is 4.55. The zero-order chi connectivity index (χ0) is 17.5. The number of methoxy groups -OCH3 is 2. The van der Waals surface area contributed by atoms with Crippen LogP contribution in [0.4, 0.5) is 0 Å². The summed E-state index contributed by atoms with van der Waals surface area (Å²) in [7, 11) is 3.02. The molecule has 1 aliphatic rings. The van der Waals surface area contributed by atoms with E-state index in [0.29, 0.717) is 29.9 Å². The van der Waals surface area contributed by atoms with Crippen LogP contribution in [-0.2, 0) is 4.79 Å². The number of ether oxygens (including phenoxy) is 2. The molecule has 0 aromatic heterocycles. The number of carbonyl (C=O) groups is 2. The molecule has 0 bridgehead atoms. The number of aliphatic carboxylic acids is 1. The van der Waals surface area contributed by atoms with Crippen molar-refractivity contribution < 1.29 is 24.2 Å². The van der Waals surface area contributed by atoms with Gasteiger partial charge in [0.05, 0.1) is 25.7 Å². The lowest BCUT2D eigenvalue weighted by atomic mass is 9.86. The molecule has 2 atom stereocenters. The number of hydrogen-bond acceptors (Lipinski definition) is 4. The van der Waals surface area contributed by atoms with Crippen LogP contribution >= 0.6 is 0 Å². The van der Waals surface area contributed by atoms with Crippen LogP contribution in [0.15, 0.2) is 18.2 Å². The minimum atomic E-state index is -0.847. The van der Waals surface area contributed by atoms with Crippen molar-refractivity contribution in [2.24, 2.45) is 5.92 Å². The summed E-state index contributed by atoms with van der Waals surface area (Å²) < 4.78 is 10.4. The lowest BCUT2D eigenvalue weighted by Gasteiger charge is -2.27. The highest BCUT2D eigenvalue weighted by atomic mass is 16.5. The van der Waals surface area contributed by atoms with E-state index in [2.05, 4.69) is 5.32 Å². The van der Waals surface area contributed by atoms with E-state index in [1.54, 1.807) is 18.2 Å². The summed E-state index contributed by atoms with van der Waals surface area (Å²) in [4.78, 5) is 24.3. The third kappa shape index (κ3) is 4.40. The zero-order valence-electron chi connectivity index (χ0n) is 14.2. The molecule has 0 radical (unpaired) electrons. The minimum Gasteiger partial charge on any atom is -0.497 e. The van der Waals surface area contributed by atoms with Gasteiger partial charge in [-0.2, -0.15) is 0 Å². The smallest absolute Gasteiger partial charge is 0.308 e. The molecule has 1 amide bonds. The SMILES string of the molecule is COc1ccc(OC)c(C(=O)NC2CCCCCCC2C(=O)O)c1. The van der Waals surface area contributed by atoms with Crippen molar-refractivity contribution in [2.45, 2.75) is 44.6 Å². The minimum absolute atomic E-state index is 0.331. The molecule has 0 heterocycles. The summed E-state index contributed by atoms with van der Waals surface area (Å²) in [6, 6.07) is 4.62. The average molecular weight is 335 g/mol. The normalized spacial score (nSPS) is 21.2. The van der Waals surface area contributed by atoms with E-state index in [9.17, 15) is 14.7 Å². The number of carbonyl (C=O) groups excluding carboxylic acids is 1. The molecular weight excluding hydrogens is 310 g/mol. The lowest BCUT2D eigenvalue weighted by molar-refractivity contribution is -0.143. The van der Waals surface area contributed by atoms with Crippen molar-refractivity contribution in [1.82, 2.24) is 5.32 Å². The largest absolute Gasteiger partial charge is 0.497 e. The summed E-state index contributed by atoms with van der Waals surface area (Å²) in [6.45, 7) is 0.